The molecule has 0 spiro atoms. The van der Waals surface area contributed by atoms with E-state index in [9.17, 15) is 23.1 Å². The first kappa shape index (κ1) is 37.5. The van der Waals surface area contributed by atoms with Crippen LogP contribution < -0.4 is 10.1 Å². The number of nitrogens with zero attached hydrogens (tertiary/aromatic N) is 3. The molecule has 0 aliphatic carbocycles. The molecule has 0 unspecified atom stereocenters. The fourth-order valence-electron chi connectivity index (χ4n) is 5.53. The molecule has 4 aromatic carbocycles. The van der Waals surface area contributed by atoms with Crippen molar-refractivity contribution in [3.63, 3.8) is 0 Å². The molecule has 0 aliphatic heterocycles. The predicted octanol–water partition coefficient (Wildman–Crippen LogP) is 7.86. The Morgan fingerprint density at radius 3 is 2.12 bits per heavy atom. The molecule has 0 saturated heterocycles. The Hall–Kier alpha value is -5.75. The van der Waals surface area contributed by atoms with E-state index in [1.807, 2.05) is 113 Å². The summed E-state index contributed by atoms with van der Waals surface area (Å²) in [5.41, 5.74) is 3.98. The largest absolute Gasteiger partial charge is 0.478 e. The molecule has 1 aromatic heterocycles. The van der Waals surface area contributed by atoms with Crippen LogP contribution in [0.15, 0.2) is 114 Å². The summed E-state index contributed by atoms with van der Waals surface area (Å²) in [7, 11) is -4.01. The fraction of sp³-hybridized carbons (Fsp3) is 0.250. The third-order valence-electron chi connectivity index (χ3n) is 7.99. The average molecular weight is 723 g/mol. The van der Waals surface area contributed by atoms with Crippen LogP contribution in [0.5, 0.6) is 5.88 Å². The lowest BCUT2D eigenvalue weighted by Gasteiger charge is -2.30. The molecule has 2 N–H and O–H groups in total. The number of aryl methyl sites for hydroxylation is 2. The zero-order valence-electron chi connectivity index (χ0n) is 29.7. The van der Waals surface area contributed by atoms with E-state index in [0.29, 0.717) is 5.69 Å². The van der Waals surface area contributed by atoms with Gasteiger partial charge in [0.1, 0.15) is 17.6 Å². The normalized spacial score (nSPS) is 12.1. The maximum Gasteiger partial charge on any atom is 0.410 e. The summed E-state index contributed by atoms with van der Waals surface area (Å²) in [5.74, 6) is -1.73. The van der Waals surface area contributed by atoms with Gasteiger partial charge in [0.25, 0.3) is 0 Å². The van der Waals surface area contributed by atoms with Crippen molar-refractivity contribution in [2.24, 2.45) is 0 Å². The van der Waals surface area contributed by atoms with Crippen molar-refractivity contribution in [3.8, 4) is 17.1 Å². The van der Waals surface area contributed by atoms with Crippen LogP contribution in [0.25, 0.3) is 11.3 Å². The van der Waals surface area contributed by atoms with E-state index in [0.717, 1.165) is 33.9 Å². The van der Waals surface area contributed by atoms with Gasteiger partial charge < -0.3 is 19.9 Å². The van der Waals surface area contributed by atoms with Gasteiger partial charge in [-0.15, -0.1) is 0 Å². The Labute approximate surface area is 304 Å². The molecule has 0 fully saturated rings. The van der Waals surface area contributed by atoms with Crippen LogP contribution in [0.4, 0.5) is 10.7 Å². The van der Waals surface area contributed by atoms with Crippen molar-refractivity contribution in [1.29, 1.82) is 0 Å². The number of aromatic carboxylic acids is 1. The molecule has 1 atom stereocenters. The number of ether oxygens (including phenoxy) is 2. The number of carboxylic acid groups (broad SMARTS) is 1. The molecular formula is C40H42N4O7S. The molecule has 1 heterocycles. The first-order valence-corrected chi connectivity index (χ1v) is 18.3. The zero-order chi connectivity index (χ0) is 37.5. The standard InChI is InChI=1S/C40H42N4O7S/c1-27-14-12-15-28(2)36(27)33-23-35(43-38(42-33)41-26-52(48,49)32-21-13-20-31(22-32)37(45)46)50-34(30-18-10-7-11-19-30)25-44(39(47)51-40(3,4)5)24-29-16-8-6-9-17-29/h6-23,34H,24-26H2,1-5H3,(H,45,46)(H,41,42,43)/t34-/m0/s1. The van der Waals surface area contributed by atoms with Gasteiger partial charge in [0.2, 0.25) is 11.8 Å². The van der Waals surface area contributed by atoms with Crippen molar-refractivity contribution in [1.82, 2.24) is 14.9 Å². The summed E-state index contributed by atoms with van der Waals surface area (Å²) in [6.45, 7) is 9.68. The van der Waals surface area contributed by atoms with Gasteiger partial charge in [-0.3, -0.25) is 4.90 Å². The minimum Gasteiger partial charge on any atom is -0.478 e. The van der Waals surface area contributed by atoms with Crippen LogP contribution in [-0.4, -0.2) is 58.5 Å². The third kappa shape index (κ3) is 9.94. The van der Waals surface area contributed by atoms with Crippen LogP contribution in [0.3, 0.4) is 0 Å². The number of anilines is 1. The fourth-order valence-corrected chi connectivity index (χ4v) is 6.61. The van der Waals surface area contributed by atoms with Crippen molar-refractivity contribution in [2.45, 2.75) is 57.8 Å². The van der Waals surface area contributed by atoms with Crippen LogP contribution >= 0.6 is 0 Å². The van der Waals surface area contributed by atoms with E-state index in [4.69, 9.17) is 9.47 Å². The number of amides is 1. The summed E-state index contributed by atoms with van der Waals surface area (Å²) >= 11 is 0. The van der Waals surface area contributed by atoms with E-state index >= 15 is 0 Å². The third-order valence-corrected chi connectivity index (χ3v) is 9.49. The molecule has 5 rings (SSSR count). The smallest absolute Gasteiger partial charge is 0.410 e. The highest BCUT2D eigenvalue weighted by atomic mass is 32.2. The van der Waals surface area contributed by atoms with Gasteiger partial charge in [-0.2, -0.15) is 4.98 Å². The van der Waals surface area contributed by atoms with Crippen molar-refractivity contribution in [2.75, 3.05) is 17.7 Å². The molecule has 1 amide bonds. The second-order valence-electron chi connectivity index (χ2n) is 13.3. The average Bonchev–Trinajstić information content (AvgIpc) is 3.10. The second-order valence-corrected chi connectivity index (χ2v) is 15.3. The highest BCUT2D eigenvalue weighted by Gasteiger charge is 2.28. The van der Waals surface area contributed by atoms with Crippen LogP contribution in [-0.2, 0) is 21.1 Å². The lowest BCUT2D eigenvalue weighted by molar-refractivity contribution is 0.0144. The summed E-state index contributed by atoms with van der Waals surface area (Å²) < 4.78 is 39.1. The second kappa shape index (κ2) is 16.1. The number of sulfone groups is 1. The minimum atomic E-state index is -4.01. The Bertz CT molecular complexity index is 2120. The molecule has 270 valence electrons. The van der Waals surface area contributed by atoms with Gasteiger partial charge in [-0.05, 0) is 75.1 Å². The molecule has 5 aromatic rings. The molecule has 0 radical (unpaired) electrons. The maximum absolute atomic E-state index is 13.6. The van der Waals surface area contributed by atoms with Gasteiger partial charge in [-0.25, -0.2) is 23.0 Å². The number of nitrogens with one attached hydrogen (secondary N) is 1. The Morgan fingerprint density at radius 1 is 0.846 bits per heavy atom. The maximum atomic E-state index is 13.6. The minimum absolute atomic E-state index is 0.0202. The SMILES string of the molecule is Cc1cccc(C)c1-c1cc(O[C@@H](CN(Cc2ccccc2)C(=O)OC(C)(C)C)c2ccccc2)nc(NCS(=O)(=O)c2cccc(C(=O)O)c2)n1. The number of carboxylic acids is 1. The number of rotatable bonds is 13. The number of carbonyl (C=O) groups is 2. The summed E-state index contributed by atoms with van der Waals surface area (Å²) in [6.07, 6.45) is -1.24. The number of benzene rings is 4. The zero-order valence-corrected chi connectivity index (χ0v) is 30.6. The number of hydrogen-bond donors (Lipinski definition) is 2. The summed E-state index contributed by atoms with van der Waals surface area (Å²) in [6, 6.07) is 31.7. The predicted molar refractivity (Wildman–Crippen MR) is 199 cm³/mol. The molecule has 52 heavy (non-hydrogen) atoms. The molecule has 11 nitrogen and oxygen atoms in total. The van der Waals surface area contributed by atoms with Gasteiger partial charge in [0, 0.05) is 18.2 Å². The van der Waals surface area contributed by atoms with E-state index in [2.05, 4.69) is 15.3 Å². The highest BCUT2D eigenvalue weighted by Crippen LogP contribution is 2.31. The summed E-state index contributed by atoms with van der Waals surface area (Å²) in [4.78, 5) is 35.8. The van der Waals surface area contributed by atoms with Gasteiger partial charge >= 0.3 is 12.1 Å². The number of carbonyl (C=O) groups excluding carboxylic acids is 1. The molecule has 12 heteroatoms. The van der Waals surface area contributed by atoms with Gasteiger partial charge in [0.05, 0.1) is 22.7 Å². The van der Waals surface area contributed by atoms with Crippen molar-refractivity contribution >= 4 is 27.8 Å². The highest BCUT2D eigenvalue weighted by molar-refractivity contribution is 7.91. The van der Waals surface area contributed by atoms with Gasteiger partial charge in [-0.1, -0.05) is 84.9 Å². The summed E-state index contributed by atoms with van der Waals surface area (Å²) in [5, 5.41) is 12.2. The first-order chi connectivity index (χ1) is 24.7. The molecular weight excluding hydrogens is 681 g/mol. The van der Waals surface area contributed by atoms with E-state index in [-0.39, 0.29) is 35.4 Å². The Kier molecular flexibility index (Phi) is 11.6. The topological polar surface area (TPSA) is 148 Å². The van der Waals surface area contributed by atoms with Gasteiger partial charge in [0.15, 0.2) is 9.84 Å². The Morgan fingerprint density at radius 2 is 1.48 bits per heavy atom. The Balaban J connectivity index is 1.53. The monoisotopic (exact) mass is 722 g/mol. The van der Waals surface area contributed by atoms with Crippen LogP contribution in [0, 0.1) is 13.8 Å². The van der Waals surface area contributed by atoms with Crippen molar-refractivity contribution in [3.05, 3.63) is 137 Å². The van der Waals surface area contributed by atoms with E-state index < -0.39 is 39.5 Å². The molecule has 0 bridgehead atoms. The molecule has 0 aliphatic rings. The number of hydrogen-bond acceptors (Lipinski definition) is 9. The van der Waals surface area contributed by atoms with Crippen LogP contribution in [0.2, 0.25) is 0 Å². The van der Waals surface area contributed by atoms with Crippen LogP contribution in [0.1, 0.15) is 59.5 Å². The first-order valence-electron chi connectivity index (χ1n) is 16.7. The van der Waals surface area contributed by atoms with E-state index in [1.54, 1.807) is 11.0 Å². The number of aromatic nitrogens is 2. The van der Waals surface area contributed by atoms with E-state index in [1.165, 1.54) is 18.2 Å². The quantitative estimate of drug-likeness (QED) is 0.123. The lowest BCUT2D eigenvalue weighted by atomic mass is 10.00. The van der Waals surface area contributed by atoms with Crippen molar-refractivity contribution < 1.29 is 32.6 Å². The molecule has 0 saturated carbocycles. The lowest BCUT2D eigenvalue weighted by Crippen LogP contribution is -2.39.